The summed E-state index contributed by atoms with van der Waals surface area (Å²) < 4.78 is 6.03. The number of allylic oxidation sites excluding steroid dienone is 1. The summed E-state index contributed by atoms with van der Waals surface area (Å²) in [6.45, 7) is 0. The molecule has 0 saturated carbocycles. The molecular weight excluding hydrogens is 300 g/mol. The molecule has 0 aliphatic carbocycles. The summed E-state index contributed by atoms with van der Waals surface area (Å²) in [6, 6.07) is 11.3. The van der Waals surface area contributed by atoms with Crippen LogP contribution in [-0.2, 0) is 0 Å². The molecule has 0 amide bonds. The first-order valence-electron chi connectivity index (χ1n) is 5.02. The topological polar surface area (TPSA) is 30.2 Å². The third kappa shape index (κ3) is 1.98. The minimum atomic E-state index is 0.0677. The average Bonchev–Trinajstić information content (AvgIpc) is 2.86. The van der Waals surface area contributed by atoms with E-state index >= 15 is 0 Å². The summed E-state index contributed by atoms with van der Waals surface area (Å²) in [5.74, 6) is 0.749. The summed E-state index contributed by atoms with van der Waals surface area (Å²) >= 11 is 4.72. The second-order valence-corrected chi connectivity index (χ2v) is 5.44. The van der Waals surface area contributed by atoms with Gasteiger partial charge in [-0.2, -0.15) is 0 Å². The first-order chi connectivity index (χ1) is 8.24. The van der Waals surface area contributed by atoms with Crippen LogP contribution in [0.1, 0.15) is 16.1 Å². The number of fused-ring (bicyclic) bond motifs is 1. The van der Waals surface area contributed by atoms with E-state index in [2.05, 4.69) is 15.9 Å². The molecular formula is C13H7BrO2S. The third-order valence-corrected chi connectivity index (χ3v) is 3.97. The lowest BCUT2D eigenvalue weighted by Crippen LogP contribution is -1.93. The van der Waals surface area contributed by atoms with E-state index in [4.69, 9.17) is 4.42 Å². The molecule has 0 saturated heterocycles. The molecule has 1 aromatic carbocycles. The Morgan fingerprint density at radius 3 is 2.71 bits per heavy atom. The Labute approximate surface area is 111 Å². The maximum atomic E-state index is 12.1. The SMILES string of the molecule is O=C1/C(=C/c2ccc(Br)o2)Sc2ccccc21. The summed E-state index contributed by atoms with van der Waals surface area (Å²) in [5, 5.41) is 0. The van der Waals surface area contributed by atoms with Crippen molar-refractivity contribution in [3.8, 4) is 0 Å². The van der Waals surface area contributed by atoms with Gasteiger partial charge in [-0.1, -0.05) is 23.9 Å². The van der Waals surface area contributed by atoms with E-state index in [9.17, 15) is 4.79 Å². The molecule has 0 unspecified atom stereocenters. The highest BCUT2D eigenvalue weighted by Gasteiger charge is 2.25. The van der Waals surface area contributed by atoms with Crippen LogP contribution < -0.4 is 0 Å². The minimum Gasteiger partial charge on any atom is -0.450 e. The molecule has 0 N–H and O–H groups in total. The van der Waals surface area contributed by atoms with Gasteiger partial charge in [0.15, 0.2) is 4.67 Å². The molecule has 17 heavy (non-hydrogen) atoms. The molecule has 84 valence electrons. The van der Waals surface area contributed by atoms with E-state index < -0.39 is 0 Å². The first kappa shape index (κ1) is 10.9. The molecule has 0 atom stereocenters. The van der Waals surface area contributed by atoms with Crippen molar-refractivity contribution in [2.45, 2.75) is 4.90 Å². The van der Waals surface area contributed by atoms with Crippen molar-refractivity contribution in [1.29, 1.82) is 0 Å². The van der Waals surface area contributed by atoms with Gasteiger partial charge in [0, 0.05) is 10.5 Å². The van der Waals surface area contributed by atoms with Crippen LogP contribution in [0.2, 0.25) is 0 Å². The normalized spacial score (nSPS) is 16.5. The number of carbonyl (C=O) groups is 1. The van der Waals surface area contributed by atoms with Crippen molar-refractivity contribution < 1.29 is 9.21 Å². The van der Waals surface area contributed by atoms with Gasteiger partial charge in [-0.05, 0) is 46.3 Å². The number of ketones is 1. The van der Waals surface area contributed by atoms with Gasteiger partial charge < -0.3 is 4.42 Å². The predicted octanol–water partition coefficient (Wildman–Crippen LogP) is 4.37. The Bertz CT molecular complexity index is 628. The van der Waals surface area contributed by atoms with Crippen LogP contribution in [0, 0.1) is 0 Å². The fraction of sp³-hybridized carbons (Fsp3) is 0. The molecule has 1 aliphatic rings. The third-order valence-electron chi connectivity index (χ3n) is 2.44. The zero-order valence-corrected chi connectivity index (χ0v) is 11.0. The van der Waals surface area contributed by atoms with E-state index in [1.54, 1.807) is 6.08 Å². The van der Waals surface area contributed by atoms with Crippen molar-refractivity contribution in [2.75, 3.05) is 0 Å². The van der Waals surface area contributed by atoms with Gasteiger partial charge in [-0.3, -0.25) is 4.79 Å². The monoisotopic (exact) mass is 306 g/mol. The minimum absolute atomic E-state index is 0.0677. The lowest BCUT2D eigenvalue weighted by atomic mass is 10.1. The van der Waals surface area contributed by atoms with Gasteiger partial charge in [0.05, 0.1) is 4.91 Å². The van der Waals surface area contributed by atoms with Crippen LogP contribution in [0.4, 0.5) is 0 Å². The molecule has 0 radical (unpaired) electrons. The van der Waals surface area contributed by atoms with Gasteiger partial charge in [-0.25, -0.2) is 0 Å². The maximum Gasteiger partial charge on any atom is 0.200 e. The fourth-order valence-corrected chi connectivity index (χ4v) is 3.02. The molecule has 2 heterocycles. The van der Waals surface area contributed by atoms with Crippen LogP contribution in [-0.4, -0.2) is 5.78 Å². The van der Waals surface area contributed by atoms with Crippen LogP contribution in [0.15, 0.2) is 55.3 Å². The van der Waals surface area contributed by atoms with Crippen LogP contribution in [0.3, 0.4) is 0 Å². The van der Waals surface area contributed by atoms with E-state index in [-0.39, 0.29) is 5.78 Å². The Balaban J connectivity index is 1.99. The zero-order valence-electron chi connectivity index (χ0n) is 8.64. The highest BCUT2D eigenvalue weighted by Crippen LogP contribution is 2.40. The van der Waals surface area contributed by atoms with E-state index in [1.165, 1.54) is 11.8 Å². The Morgan fingerprint density at radius 2 is 2.00 bits per heavy atom. The highest BCUT2D eigenvalue weighted by molar-refractivity contribution is 9.10. The summed E-state index contributed by atoms with van der Waals surface area (Å²) in [7, 11) is 0. The molecule has 4 heteroatoms. The number of furan rings is 1. The molecule has 2 nitrogen and oxygen atoms in total. The Morgan fingerprint density at radius 1 is 1.18 bits per heavy atom. The largest absolute Gasteiger partial charge is 0.450 e. The number of rotatable bonds is 1. The molecule has 0 fully saturated rings. The number of thioether (sulfide) groups is 1. The summed E-state index contributed by atoms with van der Waals surface area (Å²) in [5.41, 5.74) is 0.773. The van der Waals surface area contributed by atoms with Crippen LogP contribution in [0.25, 0.3) is 6.08 Å². The summed E-state index contributed by atoms with van der Waals surface area (Å²) in [6.07, 6.45) is 1.78. The smallest absolute Gasteiger partial charge is 0.200 e. The van der Waals surface area contributed by atoms with Crippen molar-refractivity contribution in [3.05, 3.63) is 57.3 Å². The van der Waals surface area contributed by atoms with Crippen LogP contribution in [0.5, 0.6) is 0 Å². The van der Waals surface area contributed by atoms with Crippen molar-refractivity contribution in [1.82, 2.24) is 0 Å². The van der Waals surface area contributed by atoms with Gasteiger partial charge in [0.25, 0.3) is 0 Å². The van der Waals surface area contributed by atoms with Gasteiger partial charge in [0.1, 0.15) is 5.76 Å². The number of hydrogen-bond acceptors (Lipinski definition) is 3. The van der Waals surface area contributed by atoms with Crippen molar-refractivity contribution in [2.24, 2.45) is 0 Å². The number of hydrogen-bond donors (Lipinski definition) is 0. The van der Waals surface area contributed by atoms with Crippen molar-refractivity contribution >= 4 is 39.6 Å². The number of carbonyl (C=O) groups excluding carboxylic acids is 1. The Kier molecular flexibility index (Phi) is 2.68. The lowest BCUT2D eigenvalue weighted by Gasteiger charge is -1.91. The molecule has 1 aliphatic heterocycles. The zero-order chi connectivity index (χ0) is 11.8. The Hall–Kier alpha value is -1.26. The van der Waals surface area contributed by atoms with Crippen LogP contribution >= 0.6 is 27.7 Å². The molecule has 3 rings (SSSR count). The quantitative estimate of drug-likeness (QED) is 0.733. The van der Waals surface area contributed by atoms with E-state index in [0.717, 1.165) is 10.5 Å². The van der Waals surface area contributed by atoms with Crippen molar-refractivity contribution in [3.63, 3.8) is 0 Å². The second kappa shape index (κ2) is 4.20. The molecule has 1 aromatic heterocycles. The summed E-state index contributed by atoms with van der Waals surface area (Å²) in [4.78, 5) is 13.8. The molecule has 0 spiro atoms. The highest BCUT2D eigenvalue weighted by atomic mass is 79.9. The van der Waals surface area contributed by atoms with E-state index in [0.29, 0.717) is 15.3 Å². The first-order valence-corrected chi connectivity index (χ1v) is 6.63. The second-order valence-electron chi connectivity index (χ2n) is 3.58. The number of Topliss-reactive ketones (excluding diaryl/α,β-unsaturated/α-hetero) is 1. The predicted molar refractivity (Wildman–Crippen MR) is 71.0 cm³/mol. The fourth-order valence-electron chi connectivity index (χ4n) is 1.67. The average molecular weight is 307 g/mol. The molecule has 0 bridgehead atoms. The number of halogens is 1. The maximum absolute atomic E-state index is 12.1. The lowest BCUT2D eigenvalue weighted by molar-refractivity contribution is 0.104. The van der Waals surface area contributed by atoms with Gasteiger partial charge >= 0.3 is 0 Å². The molecule has 2 aromatic rings. The van der Waals surface area contributed by atoms with Gasteiger partial charge in [0.2, 0.25) is 5.78 Å². The number of benzene rings is 1. The van der Waals surface area contributed by atoms with Gasteiger partial charge in [-0.15, -0.1) is 0 Å². The van der Waals surface area contributed by atoms with E-state index in [1.807, 2.05) is 36.4 Å². The standard InChI is InChI=1S/C13H7BrO2S/c14-12-6-5-8(16-12)7-11-13(15)9-3-1-2-4-10(9)17-11/h1-7H/b11-7-.